The monoisotopic (exact) mass is 218 g/mol. The zero-order chi connectivity index (χ0) is 11.6. The van der Waals surface area contributed by atoms with Crippen molar-refractivity contribution in [2.24, 2.45) is 15.7 Å². The van der Waals surface area contributed by atoms with Gasteiger partial charge in [-0.1, -0.05) is 13.3 Å². The molecular weight excluding hydrogens is 200 g/mol. The second-order valence-electron chi connectivity index (χ2n) is 4.63. The molecule has 1 fully saturated rings. The van der Waals surface area contributed by atoms with Gasteiger partial charge in [-0.05, 0) is 12.5 Å². The van der Waals surface area contributed by atoms with Gasteiger partial charge in [-0.3, -0.25) is 9.98 Å². The first-order valence-electron chi connectivity index (χ1n) is 5.72. The molecule has 2 unspecified atom stereocenters. The highest BCUT2D eigenvalue weighted by molar-refractivity contribution is 6.17. The Bertz CT molecular complexity index is 382. The van der Waals surface area contributed by atoms with Crippen molar-refractivity contribution in [2.75, 3.05) is 0 Å². The highest BCUT2D eigenvalue weighted by atomic mass is 15.1. The Balaban J connectivity index is 2.15. The fourth-order valence-corrected chi connectivity index (χ4v) is 2.70. The molecule has 1 saturated carbocycles. The maximum absolute atomic E-state index is 7.01. The quantitative estimate of drug-likeness (QED) is 0.677. The third kappa shape index (κ3) is 1.58. The topological polar surface area (TPSA) is 74.6 Å². The third-order valence-corrected chi connectivity index (χ3v) is 3.49. The molecule has 0 bridgehead atoms. The van der Waals surface area contributed by atoms with Crippen molar-refractivity contribution in [1.82, 2.24) is 0 Å². The molecule has 0 radical (unpaired) electrons. The summed E-state index contributed by atoms with van der Waals surface area (Å²) in [5.41, 5.74) is 6.48. The van der Waals surface area contributed by atoms with E-state index in [1.807, 2.05) is 0 Å². The lowest BCUT2D eigenvalue weighted by Crippen LogP contribution is -2.27. The van der Waals surface area contributed by atoms with Gasteiger partial charge in [-0.2, -0.15) is 0 Å². The Morgan fingerprint density at radius 3 is 2.75 bits per heavy atom. The number of hydrogen-bond donors (Lipinski definition) is 2. The van der Waals surface area contributed by atoms with Crippen molar-refractivity contribution >= 4 is 18.6 Å². The average Bonchev–Trinajstić information content (AvgIpc) is 2.86. The Hall–Kier alpha value is -1.45. The summed E-state index contributed by atoms with van der Waals surface area (Å²) in [4.78, 5) is 9.17. The summed E-state index contributed by atoms with van der Waals surface area (Å²) in [6.45, 7) is 2.17. The molecule has 2 aliphatic rings. The van der Waals surface area contributed by atoms with E-state index in [9.17, 15) is 0 Å². The van der Waals surface area contributed by atoms with Crippen LogP contribution in [0.2, 0.25) is 0 Å². The Labute approximate surface area is 95.9 Å². The minimum Gasteiger partial charge on any atom is -0.402 e. The first kappa shape index (κ1) is 11.0. The number of nitrogens with two attached hydrogens (primary N) is 1. The Morgan fingerprint density at radius 2 is 2.12 bits per heavy atom. The van der Waals surface area contributed by atoms with E-state index in [4.69, 9.17) is 11.1 Å². The molecule has 0 aromatic heterocycles. The lowest BCUT2D eigenvalue weighted by atomic mass is 9.99. The molecule has 1 heterocycles. The molecule has 4 nitrogen and oxygen atoms in total. The van der Waals surface area contributed by atoms with E-state index in [1.165, 1.54) is 6.21 Å². The summed E-state index contributed by atoms with van der Waals surface area (Å²) in [5.74, 6) is 0. The van der Waals surface area contributed by atoms with Gasteiger partial charge >= 0.3 is 0 Å². The average molecular weight is 218 g/mol. The normalized spacial score (nSPS) is 35.9. The number of allylic oxidation sites excluding steroid dienone is 1. The lowest BCUT2D eigenvalue weighted by Gasteiger charge is -2.21. The van der Waals surface area contributed by atoms with Crippen molar-refractivity contribution in [1.29, 1.82) is 5.41 Å². The molecule has 0 aromatic carbocycles. The second kappa shape index (κ2) is 3.85. The summed E-state index contributed by atoms with van der Waals surface area (Å²) >= 11 is 0. The van der Waals surface area contributed by atoms with Crippen molar-refractivity contribution in [3.63, 3.8) is 0 Å². The van der Waals surface area contributed by atoms with E-state index in [2.05, 4.69) is 16.9 Å². The molecule has 0 spiro atoms. The molecule has 0 saturated heterocycles. The summed E-state index contributed by atoms with van der Waals surface area (Å²) in [5, 5.41) is 7.01. The van der Waals surface area contributed by atoms with Gasteiger partial charge in [-0.25, -0.2) is 0 Å². The van der Waals surface area contributed by atoms with Crippen LogP contribution in [0.4, 0.5) is 0 Å². The van der Waals surface area contributed by atoms with E-state index in [-0.39, 0.29) is 11.1 Å². The Morgan fingerprint density at radius 1 is 1.44 bits per heavy atom. The number of fused-ring (bicyclic) bond motifs is 1. The molecule has 86 valence electrons. The molecule has 2 rings (SSSR count). The fraction of sp³-hybridized carbons (Fsp3) is 0.583. The molecule has 1 aliphatic heterocycles. The maximum atomic E-state index is 7.01. The van der Waals surface area contributed by atoms with Crippen molar-refractivity contribution < 1.29 is 0 Å². The summed E-state index contributed by atoms with van der Waals surface area (Å²) < 4.78 is 0. The van der Waals surface area contributed by atoms with Gasteiger partial charge in [0.2, 0.25) is 0 Å². The first-order chi connectivity index (χ1) is 7.68. The molecule has 0 aromatic rings. The zero-order valence-electron chi connectivity index (χ0n) is 9.61. The minimum absolute atomic E-state index is 0.00299. The van der Waals surface area contributed by atoms with Crippen LogP contribution in [0.15, 0.2) is 21.8 Å². The van der Waals surface area contributed by atoms with Crippen molar-refractivity contribution in [2.45, 2.75) is 43.7 Å². The van der Waals surface area contributed by atoms with Crippen LogP contribution < -0.4 is 5.73 Å². The van der Waals surface area contributed by atoms with Crippen LogP contribution >= 0.6 is 0 Å². The summed E-state index contributed by atoms with van der Waals surface area (Å²) in [6, 6.07) is 0. The largest absolute Gasteiger partial charge is 0.402 e. The predicted molar refractivity (Wildman–Crippen MR) is 67.6 cm³/mol. The fourth-order valence-electron chi connectivity index (χ4n) is 2.70. The highest BCUT2D eigenvalue weighted by Gasteiger charge is 2.67. The van der Waals surface area contributed by atoms with Crippen LogP contribution in [0.5, 0.6) is 0 Å². The van der Waals surface area contributed by atoms with Crippen LogP contribution in [0, 0.1) is 5.41 Å². The molecule has 1 aliphatic carbocycles. The second-order valence-corrected chi connectivity index (χ2v) is 4.63. The van der Waals surface area contributed by atoms with E-state index >= 15 is 0 Å². The first-order valence-corrected chi connectivity index (χ1v) is 5.72. The minimum atomic E-state index is -0.110. The van der Waals surface area contributed by atoms with Crippen LogP contribution in [0.3, 0.4) is 0 Å². The molecule has 16 heavy (non-hydrogen) atoms. The number of hydrogen-bond acceptors (Lipinski definition) is 4. The molecule has 2 atom stereocenters. The number of aliphatic imine (C=N–C) groups is 2. The van der Waals surface area contributed by atoms with Gasteiger partial charge in [0, 0.05) is 37.2 Å². The van der Waals surface area contributed by atoms with Gasteiger partial charge in [0.05, 0.1) is 11.1 Å². The number of nitrogens with zero attached hydrogens (tertiary/aromatic N) is 2. The zero-order valence-corrected chi connectivity index (χ0v) is 9.61. The van der Waals surface area contributed by atoms with E-state index in [1.54, 1.807) is 18.5 Å². The molecular formula is C12H18N4. The summed E-state index contributed by atoms with van der Waals surface area (Å²) in [7, 11) is 0. The van der Waals surface area contributed by atoms with Gasteiger partial charge in [0.25, 0.3) is 0 Å². The van der Waals surface area contributed by atoms with Crippen LogP contribution in [0.1, 0.15) is 32.6 Å². The van der Waals surface area contributed by atoms with Crippen LogP contribution in [-0.4, -0.2) is 29.7 Å². The molecule has 3 N–H and O–H groups in total. The van der Waals surface area contributed by atoms with Gasteiger partial charge in [0.1, 0.15) is 0 Å². The van der Waals surface area contributed by atoms with Gasteiger partial charge in [-0.15, -0.1) is 0 Å². The number of rotatable bonds is 5. The predicted octanol–water partition coefficient (Wildman–Crippen LogP) is 1.71. The maximum Gasteiger partial charge on any atom is 0.0938 e. The SMILES string of the molecule is CCCC12CC1(C/C(N)=C/C=N)N=CC=N2. The van der Waals surface area contributed by atoms with Crippen molar-refractivity contribution in [3.8, 4) is 0 Å². The van der Waals surface area contributed by atoms with Crippen LogP contribution in [0.25, 0.3) is 0 Å². The lowest BCUT2D eigenvalue weighted by molar-refractivity contribution is 0.488. The van der Waals surface area contributed by atoms with Gasteiger partial charge in [0.15, 0.2) is 0 Å². The smallest absolute Gasteiger partial charge is 0.0938 e. The van der Waals surface area contributed by atoms with Gasteiger partial charge < -0.3 is 11.1 Å². The van der Waals surface area contributed by atoms with Crippen molar-refractivity contribution in [3.05, 3.63) is 11.8 Å². The Kier molecular flexibility index (Phi) is 2.66. The van der Waals surface area contributed by atoms with Crippen LogP contribution in [-0.2, 0) is 0 Å². The standard InChI is InChI=1S/C12H18N4/c1-2-4-11-9-12(11,16-7-6-15-11)8-10(14)3-5-13/h3,5-7,13H,2,4,8-9,14H2,1H3/b10-3-,13-5?. The highest BCUT2D eigenvalue weighted by Crippen LogP contribution is 2.60. The molecule has 4 heteroatoms. The number of nitrogens with one attached hydrogen (secondary N) is 1. The molecule has 0 amide bonds. The van der Waals surface area contributed by atoms with E-state index in [0.717, 1.165) is 31.4 Å². The van der Waals surface area contributed by atoms with E-state index < -0.39 is 0 Å². The van der Waals surface area contributed by atoms with E-state index in [0.29, 0.717) is 0 Å². The summed E-state index contributed by atoms with van der Waals surface area (Å²) in [6.07, 6.45) is 10.3. The third-order valence-electron chi connectivity index (χ3n) is 3.49.